The van der Waals surface area contributed by atoms with Crippen LogP contribution < -0.4 is 5.32 Å². The standard InChI is InChI=1S/C11H13FN2O3/c12-11-8(2-1-3-10(11)14(15)16)6-13-9-4-5-17-7-9/h1-3,9,13H,4-7H2. The monoisotopic (exact) mass is 240 g/mol. The van der Waals surface area contributed by atoms with Crippen molar-refractivity contribution in [2.75, 3.05) is 13.2 Å². The number of nitrogens with zero attached hydrogens (tertiary/aromatic N) is 1. The van der Waals surface area contributed by atoms with E-state index in [0.29, 0.717) is 18.8 Å². The summed E-state index contributed by atoms with van der Waals surface area (Å²) in [6, 6.07) is 4.40. The van der Waals surface area contributed by atoms with Crippen LogP contribution in [-0.4, -0.2) is 24.2 Å². The highest BCUT2D eigenvalue weighted by molar-refractivity contribution is 5.36. The molecule has 1 N–H and O–H groups in total. The maximum Gasteiger partial charge on any atom is 0.305 e. The van der Waals surface area contributed by atoms with Gasteiger partial charge in [-0.15, -0.1) is 0 Å². The molecule has 1 fully saturated rings. The van der Waals surface area contributed by atoms with Crippen LogP contribution in [0.1, 0.15) is 12.0 Å². The lowest BCUT2D eigenvalue weighted by Gasteiger charge is -2.10. The van der Waals surface area contributed by atoms with E-state index in [2.05, 4.69) is 5.32 Å². The molecule has 1 unspecified atom stereocenters. The summed E-state index contributed by atoms with van der Waals surface area (Å²) in [6.45, 7) is 1.59. The van der Waals surface area contributed by atoms with E-state index in [4.69, 9.17) is 4.74 Å². The minimum atomic E-state index is -0.760. The molecule has 5 nitrogen and oxygen atoms in total. The molecule has 0 aromatic heterocycles. The molecule has 0 spiro atoms. The molecular formula is C11H13FN2O3. The van der Waals surface area contributed by atoms with Gasteiger partial charge < -0.3 is 10.1 Å². The second-order valence-electron chi connectivity index (χ2n) is 3.95. The van der Waals surface area contributed by atoms with Crippen LogP contribution in [0, 0.1) is 15.9 Å². The fraction of sp³-hybridized carbons (Fsp3) is 0.455. The zero-order valence-corrected chi connectivity index (χ0v) is 9.19. The third kappa shape index (κ3) is 2.78. The van der Waals surface area contributed by atoms with Gasteiger partial charge in [-0.1, -0.05) is 12.1 Å². The predicted molar refractivity (Wildman–Crippen MR) is 59.1 cm³/mol. The number of nitrogens with one attached hydrogen (secondary N) is 1. The van der Waals surface area contributed by atoms with E-state index in [1.54, 1.807) is 6.07 Å². The number of benzene rings is 1. The second-order valence-corrected chi connectivity index (χ2v) is 3.95. The van der Waals surface area contributed by atoms with Crippen molar-refractivity contribution < 1.29 is 14.1 Å². The topological polar surface area (TPSA) is 64.4 Å². The third-order valence-electron chi connectivity index (χ3n) is 2.77. The Morgan fingerprint density at radius 1 is 1.59 bits per heavy atom. The van der Waals surface area contributed by atoms with Crippen LogP contribution in [0.2, 0.25) is 0 Å². The normalized spacial score (nSPS) is 19.5. The van der Waals surface area contributed by atoms with Gasteiger partial charge in [0.05, 0.1) is 11.5 Å². The molecule has 0 aliphatic carbocycles. The minimum absolute atomic E-state index is 0.202. The third-order valence-corrected chi connectivity index (χ3v) is 2.77. The first-order chi connectivity index (χ1) is 8.18. The van der Waals surface area contributed by atoms with Crippen LogP contribution in [0.4, 0.5) is 10.1 Å². The van der Waals surface area contributed by atoms with Crippen molar-refractivity contribution in [3.05, 3.63) is 39.7 Å². The van der Waals surface area contributed by atoms with E-state index in [9.17, 15) is 14.5 Å². The molecule has 1 heterocycles. The Labute approximate surface area is 97.7 Å². The van der Waals surface area contributed by atoms with Crippen molar-refractivity contribution in [1.82, 2.24) is 5.32 Å². The number of hydrogen-bond acceptors (Lipinski definition) is 4. The summed E-state index contributed by atoms with van der Waals surface area (Å²) in [5, 5.41) is 13.7. The van der Waals surface area contributed by atoms with Gasteiger partial charge in [-0.25, -0.2) is 0 Å². The zero-order valence-electron chi connectivity index (χ0n) is 9.19. The van der Waals surface area contributed by atoms with Crippen molar-refractivity contribution in [3.63, 3.8) is 0 Å². The largest absolute Gasteiger partial charge is 0.380 e. The maximum absolute atomic E-state index is 13.7. The summed E-state index contributed by atoms with van der Waals surface area (Å²) in [5.74, 6) is -0.760. The van der Waals surface area contributed by atoms with Gasteiger partial charge in [0, 0.05) is 30.8 Å². The van der Waals surface area contributed by atoms with Crippen molar-refractivity contribution in [2.45, 2.75) is 19.0 Å². The number of nitro groups is 1. The van der Waals surface area contributed by atoms with Crippen LogP contribution in [0.5, 0.6) is 0 Å². The lowest BCUT2D eigenvalue weighted by Crippen LogP contribution is -2.28. The van der Waals surface area contributed by atoms with Gasteiger partial charge >= 0.3 is 5.69 Å². The highest BCUT2D eigenvalue weighted by Crippen LogP contribution is 2.20. The van der Waals surface area contributed by atoms with Gasteiger partial charge in [0.2, 0.25) is 5.82 Å². The molecule has 0 radical (unpaired) electrons. The summed E-state index contributed by atoms with van der Waals surface area (Å²) in [6.07, 6.45) is 0.885. The van der Waals surface area contributed by atoms with Gasteiger partial charge in [0.1, 0.15) is 0 Å². The van der Waals surface area contributed by atoms with E-state index in [1.165, 1.54) is 6.07 Å². The summed E-state index contributed by atoms with van der Waals surface area (Å²) in [7, 11) is 0. The quantitative estimate of drug-likeness (QED) is 0.641. The molecule has 1 aromatic carbocycles. The van der Waals surface area contributed by atoms with Gasteiger partial charge in [-0.05, 0) is 6.42 Å². The zero-order chi connectivity index (χ0) is 12.3. The van der Waals surface area contributed by atoms with E-state index in [1.807, 2.05) is 0 Å². The van der Waals surface area contributed by atoms with E-state index in [0.717, 1.165) is 12.5 Å². The first-order valence-electron chi connectivity index (χ1n) is 5.41. The van der Waals surface area contributed by atoms with Crippen LogP contribution in [-0.2, 0) is 11.3 Å². The molecule has 6 heteroatoms. The first-order valence-corrected chi connectivity index (χ1v) is 5.41. The van der Waals surface area contributed by atoms with Crippen LogP contribution in [0.25, 0.3) is 0 Å². The minimum Gasteiger partial charge on any atom is -0.380 e. The van der Waals surface area contributed by atoms with E-state index >= 15 is 0 Å². The number of nitro benzene ring substituents is 1. The van der Waals surface area contributed by atoms with Gasteiger partial charge in [0.15, 0.2) is 0 Å². The number of ether oxygens (including phenoxy) is 1. The molecule has 1 aromatic rings. The van der Waals surface area contributed by atoms with Gasteiger partial charge in [-0.3, -0.25) is 10.1 Å². The highest BCUT2D eigenvalue weighted by Gasteiger charge is 2.19. The summed E-state index contributed by atoms with van der Waals surface area (Å²) >= 11 is 0. The molecule has 0 amide bonds. The number of rotatable bonds is 4. The van der Waals surface area contributed by atoms with Crippen LogP contribution >= 0.6 is 0 Å². The molecule has 2 rings (SSSR count). The predicted octanol–water partition coefficient (Wildman–Crippen LogP) is 1.61. The number of hydrogen-bond donors (Lipinski definition) is 1. The fourth-order valence-electron chi connectivity index (χ4n) is 1.79. The Hall–Kier alpha value is -1.53. The Morgan fingerprint density at radius 3 is 3.06 bits per heavy atom. The average Bonchev–Trinajstić information content (AvgIpc) is 2.80. The molecule has 17 heavy (non-hydrogen) atoms. The molecule has 0 saturated carbocycles. The molecule has 92 valence electrons. The first kappa shape index (κ1) is 11.9. The summed E-state index contributed by atoms with van der Waals surface area (Å²) in [4.78, 5) is 9.85. The van der Waals surface area contributed by atoms with Crippen molar-refractivity contribution >= 4 is 5.69 Å². The Morgan fingerprint density at radius 2 is 2.41 bits per heavy atom. The summed E-state index contributed by atoms with van der Waals surface area (Å²) < 4.78 is 18.9. The Balaban J connectivity index is 2.04. The van der Waals surface area contributed by atoms with Gasteiger partial charge in [0.25, 0.3) is 0 Å². The average molecular weight is 240 g/mol. The van der Waals surface area contributed by atoms with E-state index < -0.39 is 16.4 Å². The molecule has 1 atom stereocenters. The maximum atomic E-state index is 13.7. The Bertz CT molecular complexity index is 419. The second kappa shape index (κ2) is 5.20. The van der Waals surface area contributed by atoms with Crippen LogP contribution in [0.15, 0.2) is 18.2 Å². The molecule has 1 aliphatic heterocycles. The lowest BCUT2D eigenvalue weighted by molar-refractivity contribution is -0.387. The molecule has 0 bridgehead atoms. The Kier molecular flexibility index (Phi) is 3.65. The SMILES string of the molecule is O=[N+]([O-])c1cccc(CNC2CCOC2)c1F. The fourth-order valence-corrected chi connectivity index (χ4v) is 1.79. The molecule has 1 aliphatic rings. The van der Waals surface area contributed by atoms with E-state index in [-0.39, 0.29) is 12.6 Å². The molecule has 1 saturated heterocycles. The lowest BCUT2D eigenvalue weighted by atomic mass is 10.1. The van der Waals surface area contributed by atoms with Crippen molar-refractivity contribution in [3.8, 4) is 0 Å². The molecular weight excluding hydrogens is 227 g/mol. The van der Waals surface area contributed by atoms with Crippen molar-refractivity contribution in [1.29, 1.82) is 0 Å². The summed E-state index contributed by atoms with van der Waals surface area (Å²) in [5.41, 5.74) is -0.168. The smallest absolute Gasteiger partial charge is 0.305 e. The highest BCUT2D eigenvalue weighted by atomic mass is 19.1. The van der Waals surface area contributed by atoms with Crippen LogP contribution in [0.3, 0.4) is 0 Å². The number of halogens is 1. The van der Waals surface area contributed by atoms with Gasteiger partial charge in [-0.2, -0.15) is 4.39 Å². The van der Waals surface area contributed by atoms with Crippen molar-refractivity contribution in [2.24, 2.45) is 0 Å².